The molecule has 1 aliphatic rings. The first-order valence-electron chi connectivity index (χ1n) is 12.6. The molecular weight excluding hydrogens is 532 g/mol. The lowest BCUT2D eigenvalue weighted by Crippen LogP contribution is -2.30. The molecule has 2 N–H and O–H groups in total. The molecule has 4 rings (SSSR count). The molecule has 2 aromatic carbocycles. The molecule has 0 aliphatic carbocycles. The van der Waals surface area contributed by atoms with E-state index in [2.05, 4.69) is 4.98 Å². The van der Waals surface area contributed by atoms with Gasteiger partial charge in [-0.3, -0.25) is 9.69 Å². The minimum Gasteiger partial charge on any atom is -0.485 e. The lowest BCUT2D eigenvalue weighted by molar-refractivity contribution is -0.145. The lowest BCUT2D eigenvalue weighted by Gasteiger charge is -2.29. The number of halogens is 4. The molecule has 3 aromatic rings. The van der Waals surface area contributed by atoms with Gasteiger partial charge in [-0.05, 0) is 60.7 Å². The Balaban J connectivity index is 1.68. The van der Waals surface area contributed by atoms with Crippen LogP contribution in [0.15, 0.2) is 48.7 Å². The van der Waals surface area contributed by atoms with E-state index in [1.54, 1.807) is 36.4 Å². The van der Waals surface area contributed by atoms with Crippen molar-refractivity contribution in [2.24, 2.45) is 5.92 Å². The fourth-order valence-corrected chi connectivity index (χ4v) is 4.83. The van der Waals surface area contributed by atoms with Crippen LogP contribution in [0.2, 0.25) is 0 Å². The van der Waals surface area contributed by atoms with Crippen LogP contribution in [-0.2, 0) is 17.8 Å². The van der Waals surface area contributed by atoms with Crippen molar-refractivity contribution in [1.82, 2.24) is 9.88 Å². The Labute approximate surface area is 229 Å². The van der Waals surface area contributed by atoms with Crippen molar-refractivity contribution >= 4 is 5.97 Å². The summed E-state index contributed by atoms with van der Waals surface area (Å²) in [7, 11) is 2.72. The number of aliphatic hydroxyl groups excluding tert-OH is 1. The molecule has 1 aromatic heterocycles. The van der Waals surface area contributed by atoms with Gasteiger partial charge in [-0.1, -0.05) is 30.3 Å². The van der Waals surface area contributed by atoms with E-state index in [0.717, 1.165) is 16.7 Å². The van der Waals surface area contributed by atoms with Crippen molar-refractivity contribution in [1.29, 1.82) is 0 Å². The van der Waals surface area contributed by atoms with E-state index in [1.807, 2.05) is 0 Å². The summed E-state index contributed by atoms with van der Waals surface area (Å²) in [6.07, 6.45) is -3.89. The van der Waals surface area contributed by atoms with Crippen molar-refractivity contribution in [3.63, 3.8) is 0 Å². The average molecular weight is 563 g/mol. The number of hydrogen-bond donors (Lipinski definition) is 2. The number of hydrogen-bond acceptors (Lipinski definition) is 6. The highest BCUT2D eigenvalue weighted by Crippen LogP contribution is 2.39. The Morgan fingerprint density at radius 2 is 1.95 bits per heavy atom. The molecule has 214 valence electrons. The zero-order chi connectivity index (χ0) is 29.2. The Morgan fingerprint density at radius 3 is 2.62 bits per heavy atom. The predicted octanol–water partition coefficient (Wildman–Crippen LogP) is 5.71. The lowest BCUT2D eigenvalue weighted by atomic mass is 9.91. The second-order valence-corrected chi connectivity index (χ2v) is 9.99. The summed E-state index contributed by atoms with van der Waals surface area (Å²) >= 11 is 0. The van der Waals surface area contributed by atoms with Gasteiger partial charge in [0.2, 0.25) is 5.88 Å². The molecule has 0 saturated carbocycles. The van der Waals surface area contributed by atoms with Gasteiger partial charge < -0.3 is 19.7 Å². The number of aryl methyl sites for hydroxylation is 1. The summed E-state index contributed by atoms with van der Waals surface area (Å²) in [5.41, 5.74) is 3.00. The Bertz CT molecular complexity index is 1380. The van der Waals surface area contributed by atoms with E-state index in [9.17, 15) is 32.6 Å². The van der Waals surface area contributed by atoms with Crippen molar-refractivity contribution < 1.29 is 42.0 Å². The van der Waals surface area contributed by atoms with E-state index >= 15 is 0 Å². The number of aromatic nitrogens is 1. The number of carboxylic acid groups (broad SMARTS) is 1. The van der Waals surface area contributed by atoms with Crippen LogP contribution in [0.4, 0.5) is 17.6 Å². The number of aliphatic carboxylic acids is 1. The third-order valence-corrected chi connectivity index (χ3v) is 6.96. The topological polar surface area (TPSA) is 92.1 Å². The standard InChI is InChI=1S/C29H30F4N2O5/c1-16(28(37)38)27(36)19-5-4-17-7-9-24(40-25(17)11-19)18-6-8-21(22-12-26(39-3)34-13-23(22)30)20(10-18)14-35(2)15-29(31,32)33/h4-6,8,10-13,16,24,27,36H,7,9,14-15H2,1-3H3,(H,37,38)/t16-,24?,27+/m0/s1. The van der Waals surface area contributed by atoms with Gasteiger partial charge in [0.05, 0.1) is 31.9 Å². The molecule has 0 bridgehead atoms. The van der Waals surface area contributed by atoms with Crippen LogP contribution in [0.25, 0.3) is 11.1 Å². The predicted molar refractivity (Wildman–Crippen MR) is 138 cm³/mol. The number of benzene rings is 2. The van der Waals surface area contributed by atoms with Crippen molar-refractivity contribution in [2.75, 3.05) is 20.7 Å². The zero-order valence-corrected chi connectivity index (χ0v) is 22.2. The van der Waals surface area contributed by atoms with Crippen molar-refractivity contribution in [3.8, 4) is 22.8 Å². The molecule has 11 heteroatoms. The summed E-state index contributed by atoms with van der Waals surface area (Å²) in [4.78, 5) is 16.3. The van der Waals surface area contributed by atoms with Crippen LogP contribution < -0.4 is 9.47 Å². The molecule has 0 fully saturated rings. The number of ether oxygens (including phenoxy) is 2. The van der Waals surface area contributed by atoms with Crippen molar-refractivity contribution in [3.05, 3.63) is 76.7 Å². The SMILES string of the molecule is COc1cc(-c2ccc(C3CCc4ccc([C@H](O)[C@H](C)C(=O)O)cc4O3)cc2CN(C)CC(F)(F)F)c(F)cn1. The fourth-order valence-electron chi connectivity index (χ4n) is 4.83. The molecule has 7 nitrogen and oxygen atoms in total. The number of pyridine rings is 1. The number of fused-ring (bicyclic) bond motifs is 1. The highest BCUT2D eigenvalue weighted by Gasteiger charge is 2.30. The minimum atomic E-state index is -4.41. The van der Waals surface area contributed by atoms with E-state index in [4.69, 9.17) is 9.47 Å². The number of carbonyl (C=O) groups is 1. The minimum absolute atomic E-state index is 0.112. The molecule has 0 amide bonds. The van der Waals surface area contributed by atoms with Crippen molar-refractivity contribution in [2.45, 2.75) is 44.7 Å². The van der Waals surface area contributed by atoms with Gasteiger partial charge in [-0.2, -0.15) is 13.2 Å². The van der Waals surface area contributed by atoms with Crippen LogP contribution in [0.3, 0.4) is 0 Å². The molecule has 1 aliphatic heterocycles. The second kappa shape index (κ2) is 11.8. The highest BCUT2D eigenvalue weighted by atomic mass is 19.4. The molecule has 40 heavy (non-hydrogen) atoms. The molecule has 0 saturated heterocycles. The molecule has 3 atom stereocenters. The number of carboxylic acids is 1. The third kappa shape index (κ3) is 6.71. The van der Waals surface area contributed by atoms with Crippen LogP contribution in [-0.4, -0.2) is 52.9 Å². The van der Waals surface area contributed by atoms with Gasteiger partial charge in [0.15, 0.2) is 0 Å². The first-order valence-corrected chi connectivity index (χ1v) is 12.6. The summed E-state index contributed by atoms with van der Waals surface area (Å²) in [5, 5.41) is 19.7. The molecule has 1 unspecified atom stereocenters. The largest absolute Gasteiger partial charge is 0.485 e. The van der Waals surface area contributed by atoms with E-state index in [-0.39, 0.29) is 18.0 Å². The van der Waals surface area contributed by atoms with Gasteiger partial charge in [0.1, 0.15) is 17.7 Å². The maximum Gasteiger partial charge on any atom is 0.401 e. The van der Waals surface area contributed by atoms with Gasteiger partial charge in [-0.25, -0.2) is 9.37 Å². The monoisotopic (exact) mass is 562 g/mol. The normalized spacial score (nSPS) is 16.7. The second-order valence-electron chi connectivity index (χ2n) is 9.99. The third-order valence-electron chi connectivity index (χ3n) is 6.96. The van der Waals surface area contributed by atoms with E-state index in [0.29, 0.717) is 40.8 Å². The molecule has 0 radical (unpaired) electrons. The Kier molecular flexibility index (Phi) is 8.65. The van der Waals surface area contributed by atoms with Crippen LogP contribution in [0, 0.1) is 11.7 Å². The first-order chi connectivity index (χ1) is 18.9. The molecule has 2 heterocycles. The van der Waals surface area contributed by atoms with Crippen LogP contribution in [0.5, 0.6) is 11.6 Å². The first kappa shape index (κ1) is 29.3. The van der Waals surface area contributed by atoms with Gasteiger partial charge in [-0.15, -0.1) is 0 Å². The number of alkyl halides is 3. The summed E-state index contributed by atoms with van der Waals surface area (Å²) in [6, 6.07) is 11.6. The zero-order valence-electron chi connectivity index (χ0n) is 22.2. The summed E-state index contributed by atoms with van der Waals surface area (Å²) < 4.78 is 65.5. The smallest absolute Gasteiger partial charge is 0.401 e. The van der Waals surface area contributed by atoms with Gasteiger partial charge in [0.25, 0.3) is 0 Å². The van der Waals surface area contributed by atoms with E-state index < -0.39 is 42.6 Å². The quantitative estimate of drug-likeness (QED) is 0.323. The number of aliphatic hydroxyl groups is 1. The number of nitrogens with zero attached hydrogens (tertiary/aromatic N) is 2. The van der Waals surface area contributed by atoms with E-state index in [1.165, 1.54) is 27.1 Å². The van der Waals surface area contributed by atoms with Crippen LogP contribution >= 0.6 is 0 Å². The van der Waals surface area contributed by atoms with Gasteiger partial charge in [0, 0.05) is 18.2 Å². The highest BCUT2D eigenvalue weighted by molar-refractivity contribution is 5.71. The number of methoxy groups -OCH3 is 1. The Hall–Kier alpha value is -3.70. The average Bonchev–Trinajstić information content (AvgIpc) is 2.90. The maximum atomic E-state index is 14.8. The Morgan fingerprint density at radius 1 is 1.20 bits per heavy atom. The van der Waals surface area contributed by atoms with Gasteiger partial charge >= 0.3 is 12.1 Å². The number of rotatable bonds is 9. The maximum absolute atomic E-state index is 14.8. The fraction of sp³-hybridized carbons (Fsp3) is 0.379. The molecule has 0 spiro atoms. The summed E-state index contributed by atoms with van der Waals surface area (Å²) in [5.74, 6) is -2.13. The molecular formula is C29H30F4N2O5. The van der Waals surface area contributed by atoms with Crippen LogP contribution in [0.1, 0.15) is 47.8 Å². The summed E-state index contributed by atoms with van der Waals surface area (Å²) in [6.45, 7) is 0.154.